The summed E-state index contributed by atoms with van der Waals surface area (Å²) in [6.07, 6.45) is 4.96. The largest absolute Gasteiger partial charge is 0.324 e. The fraction of sp³-hybridized carbons (Fsp3) is 0.467. The highest BCUT2D eigenvalue weighted by molar-refractivity contribution is 7.84. The maximum Gasteiger partial charge on any atom is 0.0972 e. The second-order valence-electron chi connectivity index (χ2n) is 5.94. The summed E-state index contributed by atoms with van der Waals surface area (Å²) in [5, 5.41) is 0. The van der Waals surface area contributed by atoms with E-state index in [4.69, 9.17) is 0 Å². The molecule has 2 atom stereocenters. The number of aromatic nitrogens is 1. The van der Waals surface area contributed by atoms with E-state index in [-0.39, 0.29) is 10.8 Å². The Morgan fingerprint density at radius 3 is 2.53 bits per heavy atom. The summed E-state index contributed by atoms with van der Waals surface area (Å²) in [5.41, 5.74) is 2.50. The minimum Gasteiger partial charge on any atom is -0.324 e. The van der Waals surface area contributed by atoms with Crippen LogP contribution in [-0.4, -0.2) is 19.4 Å². The van der Waals surface area contributed by atoms with Crippen LogP contribution in [0.3, 0.4) is 0 Å². The average Bonchev–Trinajstić information content (AvgIpc) is 2.76. The summed E-state index contributed by atoms with van der Waals surface area (Å²) in [5.74, 6) is 0. The van der Waals surface area contributed by atoms with E-state index in [1.54, 1.807) is 0 Å². The average molecular weight is 278 g/mol. The van der Waals surface area contributed by atoms with Gasteiger partial charge in [-0.05, 0) is 57.9 Å². The lowest BCUT2D eigenvalue weighted by Crippen LogP contribution is -2.39. The third-order valence-electron chi connectivity index (χ3n) is 3.04. The molecule has 3 nitrogen and oxygen atoms in total. The Bertz CT molecular complexity index is 583. The van der Waals surface area contributed by atoms with Crippen LogP contribution in [0, 0.1) is 0 Å². The maximum absolute atomic E-state index is 12.1. The van der Waals surface area contributed by atoms with Crippen LogP contribution in [0.2, 0.25) is 0 Å². The molecule has 104 valence electrons. The zero-order chi connectivity index (χ0) is 14.0. The van der Waals surface area contributed by atoms with E-state index in [1.165, 1.54) is 11.1 Å². The first kappa shape index (κ1) is 14.3. The van der Waals surface area contributed by atoms with E-state index < -0.39 is 11.0 Å². The van der Waals surface area contributed by atoms with E-state index in [2.05, 4.69) is 34.2 Å². The van der Waals surface area contributed by atoms with Gasteiger partial charge in [0.05, 0.1) is 15.7 Å². The molecule has 2 heterocycles. The zero-order valence-electron chi connectivity index (χ0n) is 12.0. The molecule has 2 aromatic heterocycles. The summed E-state index contributed by atoms with van der Waals surface area (Å²) in [6, 6.07) is 8.53. The fourth-order valence-electron chi connectivity index (χ4n) is 2.04. The number of hydrogen-bond donors (Lipinski definition) is 1. The number of hydrogen-bond acceptors (Lipinski definition) is 1. The smallest absolute Gasteiger partial charge is 0.0972 e. The number of rotatable bonds is 4. The van der Waals surface area contributed by atoms with Gasteiger partial charge in [0.25, 0.3) is 0 Å². The summed E-state index contributed by atoms with van der Waals surface area (Å²) < 4.78 is 17.1. The molecular weight excluding hydrogens is 256 g/mol. The van der Waals surface area contributed by atoms with E-state index in [0.717, 1.165) is 6.42 Å². The van der Waals surface area contributed by atoms with Gasteiger partial charge in [-0.15, -0.1) is 0 Å². The van der Waals surface area contributed by atoms with Crippen molar-refractivity contribution in [2.45, 2.75) is 44.9 Å². The van der Waals surface area contributed by atoms with Crippen LogP contribution in [-0.2, 0) is 17.4 Å². The van der Waals surface area contributed by atoms with Gasteiger partial charge in [0.1, 0.15) is 0 Å². The van der Waals surface area contributed by atoms with Crippen molar-refractivity contribution in [1.29, 1.82) is 0 Å². The third-order valence-corrected chi connectivity index (χ3v) is 4.77. The molecule has 0 aromatic carbocycles. The summed E-state index contributed by atoms with van der Waals surface area (Å²) in [6.45, 7) is 8.03. The van der Waals surface area contributed by atoms with Crippen molar-refractivity contribution < 1.29 is 4.21 Å². The molecule has 0 aliphatic rings. The van der Waals surface area contributed by atoms with Crippen LogP contribution in [0.5, 0.6) is 0 Å². The minimum absolute atomic E-state index is 0.182. The number of nitrogens with one attached hydrogen (secondary N) is 1. The van der Waals surface area contributed by atoms with Crippen LogP contribution < -0.4 is 4.72 Å². The van der Waals surface area contributed by atoms with Crippen molar-refractivity contribution >= 4 is 16.5 Å². The highest BCUT2D eigenvalue weighted by Crippen LogP contribution is 2.15. The monoisotopic (exact) mass is 278 g/mol. The van der Waals surface area contributed by atoms with Crippen LogP contribution in [0.4, 0.5) is 0 Å². The van der Waals surface area contributed by atoms with Gasteiger partial charge in [-0.25, -0.2) is 8.93 Å². The van der Waals surface area contributed by atoms with Crippen LogP contribution in [0.25, 0.3) is 5.52 Å². The topological polar surface area (TPSA) is 33.5 Å². The lowest BCUT2D eigenvalue weighted by atomic mass is 10.1. The van der Waals surface area contributed by atoms with Gasteiger partial charge in [-0.3, -0.25) is 0 Å². The molecule has 0 aliphatic carbocycles. The number of nitrogens with zero attached hydrogens (tertiary/aromatic N) is 1. The fourth-order valence-corrected chi connectivity index (χ4v) is 2.84. The Balaban J connectivity index is 2.09. The minimum atomic E-state index is -1.02. The second kappa shape index (κ2) is 5.47. The first-order chi connectivity index (χ1) is 8.88. The van der Waals surface area contributed by atoms with Crippen molar-refractivity contribution in [3.05, 3.63) is 42.2 Å². The van der Waals surface area contributed by atoms with E-state index in [1.807, 2.05) is 39.2 Å². The second-order valence-corrected chi connectivity index (χ2v) is 7.94. The molecule has 2 rings (SSSR count). The first-order valence-corrected chi connectivity index (χ1v) is 7.75. The van der Waals surface area contributed by atoms with E-state index in [0.29, 0.717) is 0 Å². The predicted octanol–water partition coefficient (Wildman–Crippen LogP) is 2.92. The maximum atomic E-state index is 12.1. The van der Waals surface area contributed by atoms with Crippen molar-refractivity contribution in [2.75, 3.05) is 0 Å². The third kappa shape index (κ3) is 3.45. The molecule has 2 unspecified atom stereocenters. The first-order valence-electron chi connectivity index (χ1n) is 6.60. The molecule has 0 amide bonds. The molecule has 0 aliphatic heterocycles. The number of fused-ring (bicyclic) bond motifs is 1. The molecule has 0 radical (unpaired) electrons. The highest BCUT2D eigenvalue weighted by Gasteiger charge is 2.21. The normalized spacial score (nSPS) is 15.6. The van der Waals surface area contributed by atoms with Gasteiger partial charge < -0.3 is 4.40 Å². The van der Waals surface area contributed by atoms with Gasteiger partial charge in [-0.2, -0.15) is 0 Å². The highest BCUT2D eigenvalue weighted by atomic mass is 32.2. The molecule has 0 fully saturated rings. The predicted molar refractivity (Wildman–Crippen MR) is 81.6 cm³/mol. The molecule has 0 saturated carbocycles. The van der Waals surface area contributed by atoms with Gasteiger partial charge in [-0.1, -0.05) is 6.07 Å². The van der Waals surface area contributed by atoms with Crippen LogP contribution in [0.1, 0.15) is 33.3 Å². The van der Waals surface area contributed by atoms with Gasteiger partial charge in [0.15, 0.2) is 0 Å². The molecule has 0 spiro atoms. The van der Waals surface area contributed by atoms with Crippen molar-refractivity contribution in [2.24, 2.45) is 0 Å². The molecule has 19 heavy (non-hydrogen) atoms. The standard InChI is InChI=1S/C15H22N2OS/c1-12(16-19(18)15(2,3)4)11-13-7-5-9-17-10-6-8-14(13)17/h5-10,12,16H,11H2,1-4H3. The summed E-state index contributed by atoms with van der Waals surface area (Å²) in [7, 11) is -1.02. The molecular formula is C15H22N2OS. The lowest BCUT2D eigenvalue weighted by Gasteiger charge is -2.22. The summed E-state index contributed by atoms with van der Waals surface area (Å²) in [4.78, 5) is 0. The van der Waals surface area contributed by atoms with Crippen molar-refractivity contribution in [3.8, 4) is 0 Å². The van der Waals surface area contributed by atoms with E-state index in [9.17, 15) is 4.21 Å². The summed E-state index contributed by atoms with van der Waals surface area (Å²) >= 11 is 0. The molecule has 1 N–H and O–H groups in total. The van der Waals surface area contributed by atoms with Crippen LogP contribution >= 0.6 is 0 Å². The Hall–Kier alpha value is -1.13. The quantitative estimate of drug-likeness (QED) is 0.916. The zero-order valence-corrected chi connectivity index (χ0v) is 12.8. The van der Waals surface area contributed by atoms with Crippen molar-refractivity contribution in [3.63, 3.8) is 0 Å². The Labute approximate surface area is 117 Å². The molecule has 0 bridgehead atoms. The van der Waals surface area contributed by atoms with Gasteiger partial charge >= 0.3 is 0 Å². The van der Waals surface area contributed by atoms with Gasteiger partial charge in [0, 0.05) is 24.0 Å². The van der Waals surface area contributed by atoms with E-state index >= 15 is 0 Å². The Morgan fingerprint density at radius 1 is 1.26 bits per heavy atom. The van der Waals surface area contributed by atoms with Crippen molar-refractivity contribution in [1.82, 2.24) is 9.12 Å². The molecule has 4 heteroatoms. The Kier molecular flexibility index (Phi) is 4.11. The molecule has 0 saturated heterocycles. The van der Waals surface area contributed by atoms with Gasteiger partial charge in [0.2, 0.25) is 0 Å². The lowest BCUT2D eigenvalue weighted by molar-refractivity contribution is 0.604. The SMILES string of the molecule is CC(Cc1cccn2cccc12)NS(=O)C(C)(C)C. The molecule has 2 aromatic rings. The van der Waals surface area contributed by atoms with Crippen LogP contribution in [0.15, 0.2) is 36.7 Å². The Morgan fingerprint density at radius 2 is 1.89 bits per heavy atom. The number of pyridine rings is 1.